The highest BCUT2D eigenvalue weighted by Crippen LogP contribution is 2.38. The molecular formula is C43H90B4N12O28S4. The average molecular weight is 1390 g/mol. The van der Waals surface area contributed by atoms with Crippen molar-refractivity contribution in [3.05, 3.63) is 0 Å². The van der Waals surface area contributed by atoms with Crippen molar-refractivity contribution in [2.75, 3.05) is 78.7 Å². The summed E-state index contributed by atoms with van der Waals surface area (Å²) in [7, 11) is -22.3. The quantitative estimate of drug-likeness (QED) is 0.0207. The van der Waals surface area contributed by atoms with Gasteiger partial charge in [0.15, 0.2) is 0 Å². The molecule has 2 saturated carbocycles. The van der Waals surface area contributed by atoms with Crippen LogP contribution in [0.25, 0.3) is 0 Å². The highest BCUT2D eigenvalue weighted by atomic mass is 32.2. The summed E-state index contributed by atoms with van der Waals surface area (Å²) in [5.74, 6) is -7.80. The molecule has 6 rings (SSSR count). The van der Waals surface area contributed by atoms with Crippen LogP contribution in [0.5, 0.6) is 0 Å². The third-order valence-corrected chi connectivity index (χ3v) is 21.8. The Hall–Kier alpha value is -3.02. The zero-order valence-corrected chi connectivity index (χ0v) is 53.2. The van der Waals surface area contributed by atoms with Crippen LogP contribution in [0.15, 0.2) is 0 Å². The maximum Gasteiger partial charge on any atom is 0.451 e. The first kappa shape index (κ1) is 82.2. The Morgan fingerprint density at radius 3 is 0.835 bits per heavy atom. The minimum atomic E-state index is -4.10. The van der Waals surface area contributed by atoms with E-state index in [0.717, 1.165) is 17.2 Å². The second-order valence-electron chi connectivity index (χ2n) is 23.5. The number of carboxylic acid groups (broad SMARTS) is 4. The molecule has 12 atom stereocenters. The lowest BCUT2D eigenvalue weighted by atomic mass is 9.78. The number of carboxylic acids is 4. The normalized spacial score (nSPS) is 30.3. The topological polar surface area (TPSA) is 706 Å². The molecule has 28 N–H and O–H groups in total. The van der Waals surface area contributed by atoms with Gasteiger partial charge in [-0.15, -0.1) is 0 Å². The second kappa shape index (κ2) is 34.8. The molecule has 2 aliphatic carbocycles. The minimum Gasteiger partial charge on any atom is -0.480 e. The van der Waals surface area contributed by atoms with E-state index in [4.69, 9.17) is 98.6 Å². The Morgan fingerprint density at radius 2 is 0.637 bits per heavy atom. The number of nitrogens with two attached hydrogens (primary N) is 8. The van der Waals surface area contributed by atoms with Gasteiger partial charge in [-0.3, -0.25) is 35.9 Å². The van der Waals surface area contributed by atoms with Crippen LogP contribution in [0.4, 0.5) is 0 Å². The SMILES string of the molecule is NC1CC1OS(=O)(=O)N1C[C@H](CCCB(O)O)[C@](N)(C(=O)O)C1.NC1CC1OS(=O)(=O)N1C[C@H](CCCB(O)O)[C@](N)(C(=O)O)C1.NCCCOS(=O)(=O)N1C[C@H](CCCB(O)O)[C@](N)(C(=O)O)C1.NCCOS(=O)(=O)N1C[C@H](CCCB(O)O)[C@](N)(C(=O)O)C1. The molecule has 4 heterocycles. The van der Waals surface area contributed by atoms with Gasteiger partial charge in [-0.05, 0) is 76.8 Å². The lowest BCUT2D eigenvalue weighted by Gasteiger charge is -2.25. The summed E-state index contributed by atoms with van der Waals surface area (Å²) < 4.78 is 120. The average Bonchev–Trinajstić information content (AvgIpc) is 1.67. The molecule has 4 aliphatic heterocycles. The molecule has 6 fully saturated rings. The van der Waals surface area contributed by atoms with Gasteiger partial charge in [0.1, 0.15) is 22.2 Å². The molecular weight excluding hydrogens is 1300 g/mol. The number of aliphatic carboxylic acids is 4. The minimum absolute atomic E-state index is 0.0115. The van der Waals surface area contributed by atoms with Crippen LogP contribution in [-0.4, -0.2) is 289 Å². The second-order valence-corrected chi connectivity index (χ2v) is 29.8. The van der Waals surface area contributed by atoms with Gasteiger partial charge in [0, 0.05) is 94.7 Å². The largest absolute Gasteiger partial charge is 0.480 e. The van der Waals surface area contributed by atoms with Crippen LogP contribution >= 0.6 is 0 Å². The molecule has 0 spiro atoms. The lowest BCUT2D eigenvalue weighted by Crippen LogP contribution is -2.55. The molecule has 0 aromatic rings. The summed E-state index contributed by atoms with van der Waals surface area (Å²) in [6.45, 7) is -1.93. The predicted octanol–water partition coefficient (Wildman–Crippen LogP) is -10.6. The highest BCUT2D eigenvalue weighted by molar-refractivity contribution is 7.85. The summed E-state index contributed by atoms with van der Waals surface area (Å²) in [6, 6.07) is -0.646. The van der Waals surface area contributed by atoms with Crippen molar-refractivity contribution in [3.8, 4) is 0 Å². The van der Waals surface area contributed by atoms with E-state index in [9.17, 15) is 73.3 Å². The van der Waals surface area contributed by atoms with E-state index in [1.807, 2.05) is 0 Å². The number of rotatable bonds is 35. The third-order valence-electron chi connectivity index (χ3n) is 16.3. The van der Waals surface area contributed by atoms with Gasteiger partial charge in [-0.2, -0.15) is 50.9 Å². The van der Waals surface area contributed by atoms with Gasteiger partial charge >= 0.3 is 93.6 Å². The molecule has 91 heavy (non-hydrogen) atoms. The maximum atomic E-state index is 12.2. The molecule has 4 saturated heterocycles. The van der Waals surface area contributed by atoms with E-state index in [1.165, 1.54) is 0 Å². The molecule has 0 aromatic heterocycles. The van der Waals surface area contributed by atoms with E-state index in [-0.39, 0.29) is 135 Å². The summed E-state index contributed by atoms with van der Waals surface area (Å²) in [4.78, 5) is 45.8. The van der Waals surface area contributed by atoms with Crippen LogP contribution in [0.3, 0.4) is 0 Å². The molecule has 48 heteroatoms. The Morgan fingerprint density at radius 1 is 0.407 bits per heavy atom. The van der Waals surface area contributed by atoms with Crippen LogP contribution in [-0.2, 0) is 77.1 Å². The Kier molecular flexibility index (Phi) is 31.4. The summed E-state index contributed by atoms with van der Waals surface area (Å²) in [5, 5.41) is 108. The molecule has 0 amide bonds. The van der Waals surface area contributed by atoms with Crippen LogP contribution < -0.4 is 45.9 Å². The summed E-state index contributed by atoms with van der Waals surface area (Å²) in [6.07, 6.45) is 2.64. The first-order chi connectivity index (χ1) is 41.9. The van der Waals surface area contributed by atoms with E-state index < -0.39 is 158 Å². The smallest absolute Gasteiger partial charge is 0.451 e. The monoisotopic (exact) mass is 1390 g/mol. The molecule has 0 bridgehead atoms. The first-order valence-electron chi connectivity index (χ1n) is 29.0. The molecule has 40 nitrogen and oxygen atoms in total. The van der Waals surface area contributed by atoms with Gasteiger partial charge in [0.05, 0.1) is 25.4 Å². The van der Waals surface area contributed by atoms with Gasteiger partial charge < -0.3 is 106 Å². The Labute approximate surface area is 529 Å². The van der Waals surface area contributed by atoms with Crippen LogP contribution in [0.2, 0.25) is 25.3 Å². The fraction of sp³-hybridized carbons (Fsp3) is 0.907. The first-order valence-corrected chi connectivity index (χ1v) is 34.5. The van der Waals surface area contributed by atoms with E-state index in [0.29, 0.717) is 44.9 Å². The lowest BCUT2D eigenvalue weighted by molar-refractivity contribution is -0.145. The van der Waals surface area contributed by atoms with Crippen LogP contribution in [0.1, 0.15) is 70.6 Å². The van der Waals surface area contributed by atoms with E-state index in [1.54, 1.807) is 0 Å². The van der Waals surface area contributed by atoms with Gasteiger partial charge in [0.2, 0.25) is 0 Å². The van der Waals surface area contributed by atoms with Crippen molar-refractivity contribution in [3.63, 3.8) is 0 Å². The highest BCUT2D eigenvalue weighted by Gasteiger charge is 2.57. The van der Waals surface area contributed by atoms with Crippen LogP contribution in [0, 0.1) is 23.7 Å². The van der Waals surface area contributed by atoms with E-state index >= 15 is 0 Å². The maximum absolute atomic E-state index is 12.2. The van der Waals surface area contributed by atoms with Crippen molar-refractivity contribution in [1.82, 2.24) is 17.2 Å². The Balaban J connectivity index is 0.000000317. The Bertz CT molecular complexity index is 2760. The standard InChI is InChI=1S/2C11H22BN3O7S.C11H24BN3O7S.C10H22BN3O7S/c2*13-8-4-9(8)22-23(20,21)15-5-7(2-1-3-12(18)19)11(14,6-15)10(16)17;13-5-2-6-22-23(20,21)15-7-9(3-1-4-12(18)19)11(14,8-15)10(16)17;12-4-5-21-22(19,20)14-6-8(2-1-3-11(17)18)10(13,7-14)9(15)16/h2*7-9,18-19H,1-6,13-14H2,(H,16,17);9,18-19H,1-8,13-14H2,(H,16,17);8,17-18H,1-7,12-13H2,(H,15,16)/t2*7-,8?,9?,11-;9-,11-;8-,10-/m0000/s1. The van der Waals surface area contributed by atoms with Crippen molar-refractivity contribution in [1.29, 1.82) is 0 Å². The summed E-state index contributed by atoms with van der Waals surface area (Å²) >= 11 is 0. The molecule has 0 aromatic carbocycles. The number of hydrogen-bond donors (Lipinski definition) is 20. The molecule has 526 valence electrons. The fourth-order valence-corrected chi connectivity index (χ4v) is 15.6. The predicted molar refractivity (Wildman–Crippen MR) is 321 cm³/mol. The van der Waals surface area contributed by atoms with Gasteiger partial charge in [-0.1, -0.05) is 25.7 Å². The van der Waals surface area contributed by atoms with Crippen molar-refractivity contribution in [2.45, 2.75) is 142 Å². The molecule has 4 unspecified atom stereocenters. The number of carbonyl (C=O) groups is 4. The molecule has 0 radical (unpaired) electrons. The van der Waals surface area contributed by atoms with Crippen molar-refractivity contribution < 1.29 is 130 Å². The zero-order valence-electron chi connectivity index (χ0n) is 50.0. The fourth-order valence-electron chi connectivity index (χ4n) is 10.4. The van der Waals surface area contributed by atoms with E-state index in [2.05, 4.69) is 4.18 Å². The number of nitrogens with zero attached hydrogens (tertiary/aromatic N) is 4. The zero-order chi connectivity index (χ0) is 69.5. The van der Waals surface area contributed by atoms with Crippen molar-refractivity contribution in [2.24, 2.45) is 69.5 Å². The third kappa shape index (κ3) is 23.9. The van der Waals surface area contributed by atoms with Gasteiger partial charge in [0.25, 0.3) is 0 Å². The van der Waals surface area contributed by atoms with Gasteiger partial charge in [-0.25, -0.2) is 0 Å². The van der Waals surface area contributed by atoms with Crippen molar-refractivity contribution >= 4 is 93.6 Å². The number of hydrogen-bond acceptors (Lipinski definition) is 32. The molecule has 6 aliphatic rings. The summed E-state index contributed by atoms with van der Waals surface area (Å²) in [5.41, 5.74) is 38.2.